The first kappa shape index (κ1) is 14.3. The van der Waals surface area contributed by atoms with Crippen LogP contribution in [-0.4, -0.2) is 23.2 Å². The maximum atomic E-state index is 11.5. The van der Waals surface area contributed by atoms with E-state index in [1.807, 2.05) is 6.07 Å². The minimum absolute atomic E-state index is 0.367. The highest BCUT2D eigenvalue weighted by atomic mass is 35.5. The molecule has 104 valence electrons. The number of aliphatic carboxylic acids is 1. The van der Waals surface area contributed by atoms with Gasteiger partial charge in [-0.3, -0.25) is 9.78 Å². The zero-order chi connectivity index (χ0) is 14.5. The van der Waals surface area contributed by atoms with Crippen molar-refractivity contribution in [3.05, 3.63) is 58.9 Å². The van der Waals surface area contributed by atoms with E-state index in [0.717, 1.165) is 5.56 Å². The quantitative estimate of drug-likeness (QED) is 0.919. The summed E-state index contributed by atoms with van der Waals surface area (Å²) in [5.74, 6) is -1.03. The Bertz CT molecular complexity index is 601. The van der Waals surface area contributed by atoms with Crippen LogP contribution in [0.5, 0.6) is 5.75 Å². The summed E-state index contributed by atoms with van der Waals surface area (Å²) < 4.78 is 5.07. The van der Waals surface area contributed by atoms with Gasteiger partial charge in [-0.1, -0.05) is 23.7 Å². The highest BCUT2D eigenvalue weighted by molar-refractivity contribution is 6.32. The molecular weight excluding hydrogens is 278 g/mol. The van der Waals surface area contributed by atoms with Gasteiger partial charge in [0, 0.05) is 12.4 Å². The Balaban J connectivity index is 2.29. The van der Waals surface area contributed by atoms with Crippen LogP contribution in [0.2, 0.25) is 5.02 Å². The number of benzene rings is 1. The molecule has 0 bridgehead atoms. The van der Waals surface area contributed by atoms with Gasteiger partial charge in [0.15, 0.2) is 0 Å². The predicted molar refractivity (Wildman–Crippen MR) is 76.3 cm³/mol. The fraction of sp³-hybridized carbons (Fsp3) is 0.200. The largest absolute Gasteiger partial charge is 0.495 e. The number of carbonyl (C=O) groups is 1. The van der Waals surface area contributed by atoms with Crippen molar-refractivity contribution in [3.63, 3.8) is 0 Å². The lowest BCUT2D eigenvalue weighted by Crippen LogP contribution is -2.14. The van der Waals surface area contributed by atoms with Gasteiger partial charge in [-0.05, 0) is 35.7 Å². The average Bonchev–Trinajstić information content (AvgIpc) is 2.45. The molecule has 1 unspecified atom stereocenters. The fourth-order valence-electron chi connectivity index (χ4n) is 2.00. The standard InChI is InChI=1S/C15H14ClNO3/c1-20-14-5-4-11(8-13(14)16)12(15(18)19)7-10-3-2-6-17-9-10/h2-6,8-9,12H,7H2,1H3,(H,18,19). The lowest BCUT2D eigenvalue weighted by molar-refractivity contribution is -0.138. The Labute approximate surface area is 122 Å². The van der Waals surface area contributed by atoms with E-state index in [1.165, 1.54) is 7.11 Å². The second kappa shape index (κ2) is 6.39. The average molecular weight is 292 g/mol. The van der Waals surface area contributed by atoms with Gasteiger partial charge in [-0.25, -0.2) is 0 Å². The van der Waals surface area contributed by atoms with Crippen LogP contribution in [0.4, 0.5) is 0 Å². The molecule has 1 aromatic heterocycles. The predicted octanol–water partition coefficient (Wildman–Crippen LogP) is 3.15. The molecule has 0 saturated heterocycles. The molecule has 20 heavy (non-hydrogen) atoms. The minimum atomic E-state index is -0.893. The van der Waals surface area contributed by atoms with E-state index in [2.05, 4.69) is 4.98 Å². The number of methoxy groups -OCH3 is 1. The molecule has 1 heterocycles. The molecule has 2 aromatic rings. The zero-order valence-electron chi connectivity index (χ0n) is 10.9. The smallest absolute Gasteiger partial charge is 0.311 e. The third kappa shape index (κ3) is 3.27. The first-order chi connectivity index (χ1) is 9.61. The molecule has 0 fully saturated rings. The van der Waals surface area contributed by atoms with Crippen molar-refractivity contribution in [3.8, 4) is 5.75 Å². The maximum absolute atomic E-state index is 11.5. The van der Waals surface area contributed by atoms with Crippen LogP contribution in [0.3, 0.4) is 0 Å². The van der Waals surface area contributed by atoms with Crippen molar-refractivity contribution in [2.75, 3.05) is 7.11 Å². The van der Waals surface area contributed by atoms with Crippen LogP contribution < -0.4 is 4.74 Å². The number of hydrogen-bond acceptors (Lipinski definition) is 3. The third-order valence-corrected chi connectivity index (χ3v) is 3.33. The van der Waals surface area contributed by atoms with Gasteiger partial charge < -0.3 is 9.84 Å². The number of halogens is 1. The molecule has 0 saturated carbocycles. The Morgan fingerprint density at radius 1 is 1.45 bits per heavy atom. The molecule has 0 amide bonds. The lowest BCUT2D eigenvalue weighted by Gasteiger charge is -2.14. The Morgan fingerprint density at radius 3 is 2.80 bits per heavy atom. The third-order valence-electron chi connectivity index (χ3n) is 3.04. The van der Waals surface area contributed by atoms with Crippen molar-refractivity contribution < 1.29 is 14.6 Å². The van der Waals surface area contributed by atoms with Crippen LogP contribution in [-0.2, 0) is 11.2 Å². The van der Waals surface area contributed by atoms with E-state index >= 15 is 0 Å². The molecule has 0 aliphatic heterocycles. The number of carboxylic acids is 1. The van der Waals surface area contributed by atoms with Gasteiger partial charge in [-0.15, -0.1) is 0 Å². The molecule has 1 aromatic carbocycles. The van der Waals surface area contributed by atoms with E-state index in [-0.39, 0.29) is 0 Å². The number of nitrogens with zero attached hydrogens (tertiary/aromatic N) is 1. The number of pyridine rings is 1. The molecule has 0 aliphatic carbocycles. The first-order valence-electron chi connectivity index (χ1n) is 6.07. The molecule has 0 radical (unpaired) electrons. The van der Waals surface area contributed by atoms with Crippen LogP contribution >= 0.6 is 11.6 Å². The van der Waals surface area contributed by atoms with Crippen LogP contribution in [0.25, 0.3) is 0 Å². The highest BCUT2D eigenvalue weighted by Gasteiger charge is 2.21. The summed E-state index contributed by atoms with van der Waals surface area (Å²) in [4.78, 5) is 15.5. The molecule has 0 aliphatic rings. The number of hydrogen-bond donors (Lipinski definition) is 1. The number of ether oxygens (including phenoxy) is 1. The summed E-state index contributed by atoms with van der Waals surface area (Å²) >= 11 is 6.05. The van der Waals surface area contributed by atoms with E-state index in [1.54, 1.807) is 36.7 Å². The second-order valence-corrected chi connectivity index (χ2v) is 4.76. The fourth-order valence-corrected chi connectivity index (χ4v) is 2.27. The molecule has 5 heteroatoms. The minimum Gasteiger partial charge on any atom is -0.495 e. The van der Waals surface area contributed by atoms with Crippen molar-refractivity contribution in [1.82, 2.24) is 4.98 Å². The van der Waals surface area contributed by atoms with Gasteiger partial charge in [0.2, 0.25) is 0 Å². The van der Waals surface area contributed by atoms with Crippen molar-refractivity contribution in [2.45, 2.75) is 12.3 Å². The summed E-state index contributed by atoms with van der Waals surface area (Å²) in [7, 11) is 1.52. The van der Waals surface area contributed by atoms with E-state index in [9.17, 15) is 9.90 Å². The van der Waals surface area contributed by atoms with Crippen LogP contribution in [0.15, 0.2) is 42.7 Å². The second-order valence-electron chi connectivity index (χ2n) is 4.35. The topological polar surface area (TPSA) is 59.4 Å². The number of carboxylic acid groups (broad SMARTS) is 1. The Hall–Kier alpha value is -2.07. The molecule has 1 atom stereocenters. The summed E-state index contributed by atoms with van der Waals surface area (Å²) in [5.41, 5.74) is 1.51. The molecular formula is C15H14ClNO3. The Morgan fingerprint density at radius 2 is 2.25 bits per heavy atom. The summed E-state index contributed by atoms with van der Waals surface area (Å²) in [5, 5.41) is 9.82. The van der Waals surface area contributed by atoms with Gasteiger partial charge in [-0.2, -0.15) is 0 Å². The first-order valence-corrected chi connectivity index (χ1v) is 6.44. The van der Waals surface area contributed by atoms with Crippen molar-refractivity contribution in [2.24, 2.45) is 0 Å². The Kier molecular flexibility index (Phi) is 4.58. The van der Waals surface area contributed by atoms with E-state index in [4.69, 9.17) is 16.3 Å². The normalized spacial score (nSPS) is 11.9. The molecule has 2 rings (SSSR count). The van der Waals surface area contributed by atoms with Gasteiger partial charge in [0.1, 0.15) is 5.75 Å². The van der Waals surface area contributed by atoms with Crippen LogP contribution in [0, 0.1) is 0 Å². The molecule has 1 N–H and O–H groups in total. The number of aromatic nitrogens is 1. The van der Waals surface area contributed by atoms with Gasteiger partial charge in [0.05, 0.1) is 18.1 Å². The molecule has 0 spiro atoms. The number of rotatable bonds is 5. The highest BCUT2D eigenvalue weighted by Crippen LogP contribution is 2.30. The summed E-state index contributed by atoms with van der Waals surface area (Å²) in [6.07, 6.45) is 3.69. The van der Waals surface area contributed by atoms with Crippen molar-refractivity contribution >= 4 is 17.6 Å². The van der Waals surface area contributed by atoms with Gasteiger partial charge >= 0.3 is 5.97 Å². The van der Waals surface area contributed by atoms with E-state index in [0.29, 0.717) is 22.8 Å². The van der Waals surface area contributed by atoms with Gasteiger partial charge in [0.25, 0.3) is 0 Å². The van der Waals surface area contributed by atoms with E-state index < -0.39 is 11.9 Å². The SMILES string of the molecule is COc1ccc(C(Cc2cccnc2)C(=O)O)cc1Cl. The molecule has 4 nitrogen and oxygen atoms in total. The van der Waals surface area contributed by atoms with Crippen LogP contribution in [0.1, 0.15) is 17.0 Å². The maximum Gasteiger partial charge on any atom is 0.311 e. The zero-order valence-corrected chi connectivity index (χ0v) is 11.7. The van der Waals surface area contributed by atoms with Crippen molar-refractivity contribution in [1.29, 1.82) is 0 Å². The summed E-state index contributed by atoms with van der Waals surface area (Å²) in [6, 6.07) is 8.68. The lowest BCUT2D eigenvalue weighted by atomic mass is 9.92. The monoisotopic (exact) mass is 291 g/mol. The summed E-state index contributed by atoms with van der Waals surface area (Å²) in [6.45, 7) is 0.